The van der Waals surface area contributed by atoms with Crippen LogP contribution in [0.4, 0.5) is 5.69 Å². The zero-order chi connectivity index (χ0) is 24.5. The van der Waals surface area contributed by atoms with Gasteiger partial charge in [0, 0.05) is 25.3 Å². The number of fused-ring (bicyclic) bond motifs is 1. The molecule has 2 aromatic heterocycles. The Kier molecular flexibility index (Phi) is 6.62. The van der Waals surface area contributed by atoms with Crippen LogP contribution in [0.5, 0.6) is 0 Å². The lowest BCUT2D eigenvalue weighted by Crippen LogP contribution is -2.36. The van der Waals surface area contributed by atoms with E-state index >= 15 is 0 Å². The lowest BCUT2D eigenvalue weighted by Gasteiger charge is -2.31. The lowest BCUT2D eigenvalue weighted by atomic mass is 10.00. The zero-order valence-electron chi connectivity index (χ0n) is 19.8. The highest BCUT2D eigenvalue weighted by molar-refractivity contribution is 6.33. The Morgan fingerprint density at radius 3 is 2.86 bits per heavy atom. The zero-order valence-corrected chi connectivity index (χ0v) is 20.6. The van der Waals surface area contributed by atoms with Gasteiger partial charge in [0.15, 0.2) is 12.3 Å². The molecule has 0 spiro atoms. The molecule has 4 heterocycles. The molecule has 2 aliphatic heterocycles. The average molecular weight is 498 g/mol. The van der Waals surface area contributed by atoms with Crippen molar-refractivity contribution >= 4 is 23.3 Å². The van der Waals surface area contributed by atoms with Gasteiger partial charge in [-0.15, -0.1) is 0 Å². The summed E-state index contributed by atoms with van der Waals surface area (Å²) in [7, 11) is 1.40. The third-order valence-electron chi connectivity index (χ3n) is 6.82. The number of halogens is 1. The van der Waals surface area contributed by atoms with E-state index in [1.165, 1.54) is 11.8 Å². The standard InChI is InChI=1S/C25H28ClN5O4/c1-16-7-3-4-8-17(16)23(25(33)34-2)30-15-27-18-14-29(11-10-19(18)30)20-13-28-31(24(32)22(20)26)21-9-5-6-12-35-21/h3-4,7-8,13,15,21,23H,5-6,9-12,14H2,1-2H3. The summed E-state index contributed by atoms with van der Waals surface area (Å²) in [5.74, 6) is -0.345. The van der Waals surface area contributed by atoms with Gasteiger partial charge in [-0.2, -0.15) is 9.78 Å². The second kappa shape index (κ2) is 9.83. The van der Waals surface area contributed by atoms with E-state index in [0.29, 0.717) is 31.8 Å². The largest absolute Gasteiger partial charge is 0.467 e. The monoisotopic (exact) mass is 497 g/mol. The number of carbonyl (C=O) groups is 1. The Hall–Kier alpha value is -3.17. The van der Waals surface area contributed by atoms with Crippen LogP contribution in [0.25, 0.3) is 0 Å². The maximum Gasteiger partial charge on any atom is 0.333 e. The molecule has 3 aromatic rings. The first-order valence-electron chi connectivity index (χ1n) is 11.8. The van der Waals surface area contributed by atoms with Gasteiger partial charge in [0.05, 0.1) is 37.6 Å². The number of hydrogen-bond acceptors (Lipinski definition) is 7. The molecule has 0 amide bonds. The molecule has 10 heteroatoms. The number of ether oxygens (including phenoxy) is 2. The molecular weight excluding hydrogens is 470 g/mol. The van der Waals surface area contributed by atoms with Crippen LogP contribution in [0, 0.1) is 6.92 Å². The number of aromatic nitrogens is 4. The summed E-state index contributed by atoms with van der Waals surface area (Å²) in [6.45, 7) is 3.65. The van der Waals surface area contributed by atoms with E-state index in [2.05, 4.69) is 10.1 Å². The number of carbonyl (C=O) groups excluding carboxylic acids is 1. The number of imidazole rings is 1. The number of benzene rings is 1. The molecule has 9 nitrogen and oxygen atoms in total. The normalized spacial score (nSPS) is 18.7. The van der Waals surface area contributed by atoms with Gasteiger partial charge in [0.2, 0.25) is 0 Å². The number of aryl methyl sites for hydroxylation is 1. The van der Waals surface area contributed by atoms with Crippen molar-refractivity contribution in [2.75, 3.05) is 25.2 Å². The van der Waals surface area contributed by atoms with Gasteiger partial charge < -0.3 is 18.9 Å². The van der Waals surface area contributed by atoms with Crippen LogP contribution in [0.2, 0.25) is 5.02 Å². The Morgan fingerprint density at radius 2 is 2.11 bits per heavy atom. The Balaban J connectivity index is 1.44. The highest BCUT2D eigenvalue weighted by Crippen LogP contribution is 2.32. The van der Waals surface area contributed by atoms with E-state index in [-0.39, 0.29) is 22.8 Å². The SMILES string of the molecule is COC(=O)C(c1ccccc1C)n1cnc2c1CCN(c1cnn(C3CCCCO3)c(=O)c1Cl)C2. The van der Waals surface area contributed by atoms with Gasteiger partial charge in [0.1, 0.15) is 5.02 Å². The van der Waals surface area contributed by atoms with Crippen LogP contribution >= 0.6 is 11.6 Å². The molecule has 0 saturated carbocycles. The quantitative estimate of drug-likeness (QED) is 0.499. The van der Waals surface area contributed by atoms with E-state index in [0.717, 1.165) is 41.8 Å². The van der Waals surface area contributed by atoms with Crippen LogP contribution in [-0.2, 0) is 27.2 Å². The molecule has 0 N–H and O–H groups in total. The molecule has 2 atom stereocenters. The number of nitrogens with zero attached hydrogens (tertiary/aromatic N) is 5. The van der Waals surface area contributed by atoms with E-state index in [1.807, 2.05) is 40.7 Å². The smallest absolute Gasteiger partial charge is 0.333 e. The highest BCUT2D eigenvalue weighted by atomic mass is 35.5. The van der Waals surface area contributed by atoms with Crippen molar-refractivity contribution < 1.29 is 14.3 Å². The minimum atomic E-state index is -0.617. The summed E-state index contributed by atoms with van der Waals surface area (Å²) in [6, 6.07) is 7.16. The third kappa shape index (κ3) is 4.34. The molecule has 5 rings (SSSR count). The van der Waals surface area contributed by atoms with Gasteiger partial charge in [-0.25, -0.2) is 9.78 Å². The lowest BCUT2D eigenvalue weighted by molar-refractivity contribution is -0.143. The summed E-state index contributed by atoms with van der Waals surface area (Å²) in [6.07, 6.45) is 6.30. The van der Waals surface area contributed by atoms with Crippen molar-refractivity contribution in [3.8, 4) is 0 Å². The molecular formula is C25H28ClN5O4. The summed E-state index contributed by atoms with van der Waals surface area (Å²) in [5.41, 5.74) is 3.90. The Morgan fingerprint density at radius 1 is 1.29 bits per heavy atom. The summed E-state index contributed by atoms with van der Waals surface area (Å²) >= 11 is 6.53. The van der Waals surface area contributed by atoms with E-state index in [4.69, 9.17) is 21.1 Å². The van der Waals surface area contributed by atoms with E-state index < -0.39 is 6.04 Å². The first-order chi connectivity index (χ1) is 17.0. The van der Waals surface area contributed by atoms with Gasteiger partial charge in [0.25, 0.3) is 5.56 Å². The van der Waals surface area contributed by atoms with Crippen LogP contribution in [-0.4, -0.2) is 45.6 Å². The minimum absolute atomic E-state index is 0.129. The van der Waals surface area contributed by atoms with Crippen molar-refractivity contribution in [1.29, 1.82) is 0 Å². The fourth-order valence-corrected chi connectivity index (χ4v) is 5.19. The number of rotatable bonds is 5. The topological polar surface area (TPSA) is 91.5 Å². The average Bonchev–Trinajstić information content (AvgIpc) is 3.30. The minimum Gasteiger partial charge on any atom is -0.467 e. The second-order valence-corrected chi connectivity index (χ2v) is 9.29. The molecule has 35 heavy (non-hydrogen) atoms. The van der Waals surface area contributed by atoms with E-state index in [1.54, 1.807) is 12.5 Å². The fourth-order valence-electron chi connectivity index (χ4n) is 4.93. The third-order valence-corrected chi connectivity index (χ3v) is 7.18. The number of hydrogen-bond donors (Lipinski definition) is 0. The first-order valence-corrected chi connectivity index (χ1v) is 12.2. The van der Waals surface area contributed by atoms with Crippen LogP contribution in [0.15, 0.2) is 41.6 Å². The number of esters is 1. The van der Waals surface area contributed by atoms with Crippen LogP contribution in [0.3, 0.4) is 0 Å². The van der Waals surface area contributed by atoms with Crippen LogP contribution in [0.1, 0.15) is 54.0 Å². The maximum absolute atomic E-state index is 13.0. The Bertz CT molecular complexity index is 1300. The molecule has 2 aliphatic rings. The van der Waals surface area contributed by atoms with Crippen molar-refractivity contribution in [2.24, 2.45) is 0 Å². The van der Waals surface area contributed by atoms with Crippen molar-refractivity contribution in [1.82, 2.24) is 19.3 Å². The molecule has 184 valence electrons. The van der Waals surface area contributed by atoms with Gasteiger partial charge >= 0.3 is 5.97 Å². The molecule has 1 fully saturated rings. The second-order valence-electron chi connectivity index (χ2n) is 8.91. The van der Waals surface area contributed by atoms with E-state index in [9.17, 15) is 9.59 Å². The van der Waals surface area contributed by atoms with Gasteiger partial charge in [-0.05, 0) is 37.3 Å². The van der Waals surface area contributed by atoms with Gasteiger partial charge in [-0.3, -0.25) is 4.79 Å². The fraction of sp³-hybridized carbons (Fsp3) is 0.440. The number of methoxy groups -OCH3 is 1. The van der Waals surface area contributed by atoms with Crippen molar-refractivity contribution in [3.63, 3.8) is 0 Å². The Labute approximate surface area is 208 Å². The van der Waals surface area contributed by atoms with Crippen molar-refractivity contribution in [2.45, 2.75) is 51.4 Å². The summed E-state index contributed by atoms with van der Waals surface area (Å²) in [5, 5.41) is 4.51. The molecule has 2 unspecified atom stereocenters. The van der Waals surface area contributed by atoms with Gasteiger partial charge in [-0.1, -0.05) is 35.9 Å². The first kappa shape index (κ1) is 23.6. The summed E-state index contributed by atoms with van der Waals surface area (Å²) in [4.78, 5) is 32.4. The number of anilines is 1. The molecule has 0 radical (unpaired) electrons. The van der Waals surface area contributed by atoms with Crippen LogP contribution < -0.4 is 10.5 Å². The molecule has 0 bridgehead atoms. The highest BCUT2D eigenvalue weighted by Gasteiger charge is 2.31. The predicted octanol–water partition coefficient (Wildman–Crippen LogP) is 3.43. The van der Waals surface area contributed by atoms with Crippen molar-refractivity contribution in [3.05, 3.63) is 74.7 Å². The predicted molar refractivity (Wildman–Crippen MR) is 131 cm³/mol. The summed E-state index contributed by atoms with van der Waals surface area (Å²) < 4.78 is 14.1. The molecule has 1 aromatic carbocycles. The molecule has 1 saturated heterocycles. The molecule has 0 aliphatic carbocycles. The maximum atomic E-state index is 13.0.